The highest BCUT2D eigenvalue weighted by atomic mass is 32.2. The van der Waals surface area contributed by atoms with Gasteiger partial charge in [-0.1, -0.05) is 13.0 Å². The normalized spacial score (nSPS) is 22.3. The Hall–Kier alpha value is -0.890. The molecule has 1 aliphatic rings. The standard InChI is InChI=1S/C9H10F4O3S/c1-2-6-16-17(14,15)7-4-3-5-8(10,11)9(7,12)13/h3-5H,2,6H2,1H3. The van der Waals surface area contributed by atoms with E-state index in [9.17, 15) is 26.0 Å². The first-order chi connectivity index (χ1) is 7.65. The van der Waals surface area contributed by atoms with Crippen molar-refractivity contribution in [2.75, 3.05) is 6.61 Å². The van der Waals surface area contributed by atoms with Crippen LogP contribution in [0.3, 0.4) is 0 Å². The predicted molar refractivity (Wildman–Crippen MR) is 52.3 cm³/mol. The minimum absolute atomic E-state index is 0.0498. The number of hydrogen-bond acceptors (Lipinski definition) is 3. The van der Waals surface area contributed by atoms with Gasteiger partial charge in [-0.05, 0) is 18.6 Å². The van der Waals surface area contributed by atoms with Gasteiger partial charge < -0.3 is 0 Å². The second-order valence-corrected chi connectivity index (χ2v) is 4.95. The van der Waals surface area contributed by atoms with Crippen molar-refractivity contribution >= 4 is 10.1 Å². The Bertz CT molecular complexity index is 451. The quantitative estimate of drug-likeness (QED) is 0.584. The summed E-state index contributed by atoms with van der Waals surface area (Å²) in [4.78, 5) is -1.72. The summed E-state index contributed by atoms with van der Waals surface area (Å²) < 4.78 is 79.1. The highest BCUT2D eigenvalue weighted by Gasteiger charge is 2.62. The van der Waals surface area contributed by atoms with Crippen molar-refractivity contribution in [3.8, 4) is 0 Å². The SMILES string of the molecule is CCCOS(=O)(=O)C1=CC=CC(F)(F)C1(F)F. The molecule has 0 aromatic rings. The van der Waals surface area contributed by atoms with Crippen LogP contribution in [0.5, 0.6) is 0 Å². The molecule has 0 heterocycles. The lowest BCUT2D eigenvalue weighted by molar-refractivity contribution is -0.151. The molecule has 0 bridgehead atoms. The van der Waals surface area contributed by atoms with Crippen molar-refractivity contribution in [3.63, 3.8) is 0 Å². The Morgan fingerprint density at radius 3 is 2.41 bits per heavy atom. The van der Waals surface area contributed by atoms with Crippen LogP contribution in [0, 0.1) is 0 Å². The zero-order valence-electron chi connectivity index (χ0n) is 8.79. The first-order valence-corrected chi connectivity index (χ1v) is 6.11. The molecular weight excluding hydrogens is 264 g/mol. The Kier molecular flexibility index (Phi) is 3.68. The van der Waals surface area contributed by atoms with Crippen molar-refractivity contribution in [1.29, 1.82) is 0 Å². The molecule has 0 amide bonds. The molecule has 0 unspecified atom stereocenters. The van der Waals surface area contributed by atoms with E-state index in [0.29, 0.717) is 12.2 Å². The fraction of sp³-hybridized carbons (Fsp3) is 0.556. The molecule has 0 saturated carbocycles. The molecule has 8 heteroatoms. The zero-order valence-corrected chi connectivity index (χ0v) is 9.61. The van der Waals surface area contributed by atoms with Gasteiger partial charge in [0.15, 0.2) is 0 Å². The summed E-state index contributed by atoms with van der Waals surface area (Å²) in [7, 11) is -4.84. The number of halogens is 4. The minimum atomic E-state index is -4.84. The van der Waals surface area contributed by atoms with Gasteiger partial charge in [0.05, 0.1) is 6.61 Å². The van der Waals surface area contributed by atoms with Crippen molar-refractivity contribution in [1.82, 2.24) is 0 Å². The third-order valence-electron chi connectivity index (χ3n) is 1.99. The second kappa shape index (κ2) is 4.41. The van der Waals surface area contributed by atoms with E-state index < -0.39 is 26.9 Å². The van der Waals surface area contributed by atoms with Crippen LogP contribution in [-0.2, 0) is 14.3 Å². The maximum atomic E-state index is 13.2. The van der Waals surface area contributed by atoms with Crippen molar-refractivity contribution in [2.45, 2.75) is 25.2 Å². The summed E-state index contributed by atoms with van der Waals surface area (Å²) in [6, 6.07) is 0. The summed E-state index contributed by atoms with van der Waals surface area (Å²) >= 11 is 0. The number of allylic oxidation sites excluding steroid dienone is 4. The molecule has 1 aliphatic carbocycles. The highest BCUT2D eigenvalue weighted by Crippen LogP contribution is 2.45. The third kappa shape index (κ3) is 2.52. The summed E-state index contributed by atoms with van der Waals surface area (Å²) in [5, 5.41) is 0. The first kappa shape index (κ1) is 14.2. The van der Waals surface area contributed by atoms with Crippen LogP contribution < -0.4 is 0 Å². The van der Waals surface area contributed by atoms with Gasteiger partial charge in [-0.25, -0.2) is 0 Å². The van der Waals surface area contributed by atoms with Gasteiger partial charge in [0.2, 0.25) is 0 Å². The van der Waals surface area contributed by atoms with E-state index >= 15 is 0 Å². The molecule has 17 heavy (non-hydrogen) atoms. The first-order valence-electron chi connectivity index (χ1n) is 4.70. The summed E-state index contributed by atoms with van der Waals surface area (Å²) in [6.45, 7) is 1.21. The smallest absolute Gasteiger partial charge is 0.266 e. The van der Waals surface area contributed by atoms with E-state index in [1.165, 1.54) is 0 Å². The lowest BCUT2D eigenvalue weighted by atomic mass is 10.1. The fourth-order valence-electron chi connectivity index (χ4n) is 1.13. The van der Waals surface area contributed by atoms with E-state index in [1.807, 2.05) is 0 Å². The summed E-state index contributed by atoms with van der Waals surface area (Å²) in [6.07, 6.45) is 1.19. The van der Waals surface area contributed by atoms with Gasteiger partial charge in [-0.15, -0.1) is 0 Å². The molecule has 0 aliphatic heterocycles. The van der Waals surface area contributed by atoms with Crippen LogP contribution in [0.1, 0.15) is 13.3 Å². The summed E-state index contributed by atoms with van der Waals surface area (Å²) in [5.74, 6) is -9.34. The maximum Gasteiger partial charge on any atom is 0.351 e. The largest absolute Gasteiger partial charge is 0.351 e. The molecule has 0 radical (unpaired) electrons. The van der Waals surface area contributed by atoms with Crippen molar-refractivity contribution in [2.24, 2.45) is 0 Å². The van der Waals surface area contributed by atoms with E-state index in [1.54, 1.807) is 6.92 Å². The molecule has 0 aromatic heterocycles. The predicted octanol–water partition coefficient (Wildman–Crippen LogP) is 2.47. The molecule has 98 valence electrons. The van der Waals surface area contributed by atoms with Crippen LogP contribution in [0.25, 0.3) is 0 Å². The Balaban J connectivity index is 3.14. The van der Waals surface area contributed by atoms with Crippen molar-refractivity contribution < 1.29 is 30.2 Å². The van der Waals surface area contributed by atoms with Gasteiger partial charge in [0.25, 0.3) is 10.1 Å². The number of alkyl halides is 4. The van der Waals surface area contributed by atoms with Gasteiger partial charge >= 0.3 is 11.8 Å². The molecule has 0 fully saturated rings. The zero-order chi connectivity index (χ0) is 13.3. The molecule has 0 N–H and O–H groups in total. The van der Waals surface area contributed by atoms with Gasteiger partial charge in [0.1, 0.15) is 4.91 Å². The van der Waals surface area contributed by atoms with Crippen LogP contribution in [0.15, 0.2) is 23.1 Å². The van der Waals surface area contributed by atoms with Crippen LogP contribution in [0.4, 0.5) is 17.6 Å². The molecule has 0 aromatic carbocycles. The van der Waals surface area contributed by atoms with Gasteiger partial charge in [0, 0.05) is 0 Å². The molecular formula is C9H10F4O3S. The topological polar surface area (TPSA) is 43.4 Å². The molecule has 3 nitrogen and oxygen atoms in total. The minimum Gasteiger partial charge on any atom is -0.266 e. The van der Waals surface area contributed by atoms with Crippen LogP contribution >= 0.6 is 0 Å². The fourth-order valence-corrected chi connectivity index (χ4v) is 2.34. The lowest BCUT2D eigenvalue weighted by Crippen LogP contribution is -2.44. The number of rotatable bonds is 4. The molecule has 1 rings (SSSR count). The lowest BCUT2D eigenvalue weighted by Gasteiger charge is -2.27. The summed E-state index contributed by atoms with van der Waals surface area (Å²) in [5.41, 5.74) is 0. The highest BCUT2D eigenvalue weighted by molar-refractivity contribution is 7.90. The Morgan fingerprint density at radius 2 is 1.88 bits per heavy atom. The Morgan fingerprint density at radius 1 is 1.29 bits per heavy atom. The van der Waals surface area contributed by atoms with Crippen molar-refractivity contribution in [3.05, 3.63) is 23.1 Å². The van der Waals surface area contributed by atoms with E-state index in [2.05, 4.69) is 4.18 Å². The van der Waals surface area contributed by atoms with E-state index in [0.717, 1.165) is 0 Å². The second-order valence-electron chi connectivity index (χ2n) is 3.36. The third-order valence-corrected chi connectivity index (χ3v) is 3.40. The van der Waals surface area contributed by atoms with Crippen LogP contribution in [-0.4, -0.2) is 26.9 Å². The number of hydrogen-bond donors (Lipinski definition) is 0. The van der Waals surface area contributed by atoms with E-state index in [-0.39, 0.29) is 19.1 Å². The monoisotopic (exact) mass is 274 g/mol. The average molecular weight is 274 g/mol. The van der Waals surface area contributed by atoms with Gasteiger partial charge in [-0.2, -0.15) is 26.0 Å². The molecule has 0 spiro atoms. The van der Waals surface area contributed by atoms with E-state index in [4.69, 9.17) is 0 Å². The Labute approximate surface area is 95.9 Å². The maximum absolute atomic E-state index is 13.2. The molecule has 0 saturated heterocycles. The average Bonchev–Trinajstić information content (AvgIpc) is 2.19. The molecule has 0 atom stereocenters. The van der Waals surface area contributed by atoms with Crippen LogP contribution in [0.2, 0.25) is 0 Å². The van der Waals surface area contributed by atoms with Gasteiger partial charge in [-0.3, -0.25) is 4.18 Å².